The lowest BCUT2D eigenvalue weighted by molar-refractivity contribution is -0.108. The van der Waals surface area contributed by atoms with Gasteiger partial charge in [-0.1, -0.05) is 32.9 Å². The van der Waals surface area contributed by atoms with Gasteiger partial charge in [-0.15, -0.1) is 0 Å². The fourth-order valence-electron chi connectivity index (χ4n) is 1.62. The predicted molar refractivity (Wildman–Crippen MR) is 57.7 cm³/mol. The predicted octanol–water partition coefficient (Wildman–Crippen LogP) is 3.59. The number of hydrogen-bond acceptors (Lipinski definition) is 1. The fourth-order valence-corrected chi connectivity index (χ4v) is 1.62. The summed E-state index contributed by atoms with van der Waals surface area (Å²) in [4.78, 5) is 10.4. The summed E-state index contributed by atoms with van der Waals surface area (Å²) in [5.74, 6) is 1.19. The van der Waals surface area contributed by atoms with Crippen LogP contribution >= 0.6 is 0 Å². The second-order valence-electron chi connectivity index (χ2n) is 4.21. The lowest BCUT2D eigenvalue weighted by Gasteiger charge is -2.17. The standard InChI is InChI=1S/C12H22O/c1-5-11(4)9-12(6-7-13)8-10(2)3/h7,10,12H,4-6,8-9H2,1-3H3. The molecule has 0 aromatic rings. The third-order valence-corrected chi connectivity index (χ3v) is 2.31. The second kappa shape index (κ2) is 6.88. The Morgan fingerprint density at radius 2 is 2.08 bits per heavy atom. The van der Waals surface area contributed by atoms with Crippen LogP contribution in [0.1, 0.15) is 46.5 Å². The van der Waals surface area contributed by atoms with Crippen LogP contribution in [0.3, 0.4) is 0 Å². The van der Waals surface area contributed by atoms with Gasteiger partial charge < -0.3 is 4.79 Å². The molecule has 0 saturated carbocycles. The molecule has 76 valence electrons. The Bertz CT molecular complexity index is 159. The summed E-state index contributed by atoms with van der Waals surface area (Å²) in [5, 5.41) is 0. The lowest BCUT2D eigenvalue weighted by Crippen LogP contribution is -2.06. The van der Waals surface area contributed by atoms with Crippen LogP contribution in [-0.2, 0) is 4.79 Å². The number of carbonyl (C=O) groups excluding carboxylic acids is 1. The van der Waals surface area contributed by atoms with Crippen molar-refractivity contribution in [2.75, 3.05) is 0 Å². The second-order valence-corrected chi connectivity index (χ2v) is 4.21. The first-order chi connectivity index (χ1) is 6.10. The van der Waals surface area contributed by atoms with Crippen molar-refractivity contribution in [2.24, 2.45) is 11.8 Å². The zero-order chi connectivity index (χ0) is 10.3. The van der Waals surface area contributed by atoms with Gasteiger partial charge in [-0.05, 0) is 31.1 Å². The Morgan fingerprint density at radius 1 is 1.46 bits per heavy atom. The van der Waals surface area contributed by atoms with Gasteiger partial charge in [0.25, 0.3) is 0 Å². The molecule has 0 amide bonds. The molecule has 0 rings (SSSR count). The summed E-state index contributed by atoms with van der Waals surface area (Å²) < 4.78 is 0. The van der Waals surface area contributed by atoms with Gasteiger partial charge >= 0.3 is 0 Å². The molecule has 1 heteroatoms. The van der Waals surface area contributed by atoms with Crippen LogP contribution in [0.15, 0.2) is 12.2 Å². The SMILES string of the molecule is C=C(CC)CC(CC=O)CC(C)C. The Hall–Kier alpha value is -0.590. The quantitative estimate of drug-likeness (QED) is 0.434. The van der Waals surface area contributed by atoms with Crippen molar-refractivity contribution in [1.82, 2.24) is 0 Å². The van der Waals surface area contributed by atoms with E-state index in [2.05, 4.69) is 27.4 Å². The number of hydrogen-bond donors (Lipinski definition) is 0. The van der Waals surface area contributed by atoms with Gasteiger partial charge in [-0.2, -0.15) is 0 Å². The van der Waals surface area contributed by atoms with E-state index in [1.54, 1.807) is 0 Å². The van der Waals surface area contributed by atoms with E-state index in [1.165, 1.54) is 5.57 Å². The molecule has 0 fully saturated rings. The molecule has 0 radical (unpaired) electrons. The fraction of sp³-hybridized carbons (Fsp3) is 0.750. The maximum atomic E-state index is 10.4. The van der Waals surface area contributed by atoms with E-state index in [1.807, 2.05) is 0 Å². The first kappa shape index (κ1) is 12.4. The Kier molecular flexibility index (Phi) is 6.56. The minimum atomic E-state index is 0.518. The summed E-state index contributed by atoms with van der Waals surface area (Å²) >= 11 is 0. The highest BCUT2D eigenvalue weighted by Gasteiger charge is 2.11. The first-order valence-corrected chi connectivity index (χ1v) is 5.20. The lowest BCUT2D eigenvalue weighted by atomic mass is 9.88. The van der Waals surface area contributed by atoms with Crippen molar-refractivity contribution in [3.8, 4) is 0 Å². The Balaban J connectivity index is 3.92. The number of carbonyl (C=O) groups is 1. The smallest absolute Gasteiger partial charge is 0.120 e. The van der Waals surface area contributed by atoms with Crippen molar-refractivity contribution in [2.45, 2.75) is 46.5 Å². The maximum Gasteiger partial charge on any atom is 0.120 e. The third kappa shape index (κ3) is 6.56. The molecule has 0 bridgehead atoms. The van der Waals surface area contributed by atoms with E-state index >= 15 is 0 Å². The molecule has 0 aromatic heterocycles. The summed E-state index contributed by atoms with van der Waals surface area (Å²) in [6.45, 7) is 10.5. The van der Waals surface area contributed by atoms with E-state index in [4.69, 9.17) is 0 Å². The van der Waals surface area contributed by atoms with Crippen molar-refractivity contribution in [3.63, 3.8) is 0 Å². The molecule has 0 aliphatic rings. The average Bonchev–Trinajstić information content (AvgIpc) is 2.03. The van der Waals surface area contributed by atoms with E-state index in [-0.39, 0.29) is 0 Å². The topological polar surface area (TPSA) is 17.1 Å². The van der Waals surface area contributed by atoms with Crippen LogP contribution in [0.25, 0.3) is 0 Å². The van der Waals surface area contributed by atoms with Crippen LogP contribution in [0.5, 0.6) is 0 Å². The van der Waals surface area contributed by atoms with Crippen molar-refractivity contribution in [1.29, 1.82) is 0 Å². The summed E-state index contributed by atoms with van der Waals surface area (Å²) in [6, 6.07) is 0. The van der Waals surface area contributed by atoms with Crippen molar-refractivity contribution in [3.05, 3.63) is 12.2 Å². The van der Waals surface area contributed by atoms with Gasteiger partial charge in [-0.3, -0.25) is 0 Å². The van der Waals surface area contributed by atoms with E-state index in [0.29, 0.717) is 18.3 Å². The van der Waals surface area contributed by atoms with Crippen molar-refractivity contribution >= 4 is 6.29 Å². The highest BCUT2D eigenvalue weighted by atomic mass is 16.1. The average molecular weight is 182 g/mol. The molecular weight excluding hydrogens is 160 g/mol. The molecule has 1 unspecified atom stereocenters. The molecule has 13 heavy (non-hydrogen) atoms. The maximum absolute atomic E-state index is 10.4. The normalized spacial score (nSPS) is 12.9. The van der Waals surface area contributed by atoms with Crippen LogP contribution < -0.4 is 0 Å². The van der Waals surface area contributed by atoms with Gasteiger partial charge in [0.2, 0.25) is 0 Å². The monoisotopic (exact) mass is 182 g/mol. The van der Waals surface area contributed by atoms with Gasteiger partial charge in [-0.25, -0.2) is 0 Å². The van der Waals surface area contributed by atoms with Crippen LogP contribution in [-0.4, -0.2) is 6.29 Å². The molecule has 0 saturated heterocycles. The first-order valence-electron chi connectivity index (χ1n) is 5.20. The van der Waals surface area contributed by atoms with Gasteiger partial charge in [0, 0.05) is 6.42 Å². The third-order valence-electron chi connectivity index (χ3n) is 2.31. The highest BCUT2D eigenvalue weighted by molar-refractivity contribution is 5.49. The molecular formula is C12H22O. The molecule has 1 nitrogen and oxygen atoms in total. The van der Waals surface area contributed by atoms with Crippen LogP contribution in [0, 0.1) is 11.8 Å². The minimum Gasteiger partial charge on any atom is -0.303 e. The van der Waals surface area contributed by atoms with Gasteiger partial charge in [0.15, 0.2) is 0 Å². The van der Waals surface area contributed by atoms with Crippen LogP contribution in [0.4, 0.5) is 0 Å². The number of rotatable bonds is 7. The van der Waals surface area contributed by atoms with E-state index in [9.17, 15) is 4.79 Å². The molecule has 0 aliphatic carbocycles. The zero-order valence-corrected chi connectivity index (χ0v) is 9.18. The van der Waals surface area contributed by atoms with E-state index in [0.717, 1.165) is 25.5 Å². The Morgan fingerprint density at radius 3 is 2.46 bits per heavy atom. The van der Waals surface area contributed by atoms with Gasteiger partial charge in [0.05, 0.1) is 0 Å². The molecule has 0 spiro atoms. The molecule has 0 aliphatic heterocycles. The molecule has 0 aromatic carbocycles. The number of aldehydes is 1. The minimum absolute atomic E-state index is 0.518. The summed E-state index contributed by atoms with van der Waals surface area (Å²) in [7, 11) is 0. The largest absolute Gasteiger partial charge is 0.303 e. The van der Waals surface area contributed by atoms with E-state index < -0.39 is 0 Å². The summed E-state index contributed by atoms with van der Waals surface area (Å²) in [5.41, 5.74) is 1.27. The number of allylic oxidation sites excluding steroid dienone is 1. The van der Waals surface area contributed by atoms with Crippen molar-refractivity contribution < 1.29 is 4.79 Å². The molecule has 0 N–H and O–H groups in total. The molecule has 1 atom stereocenters. The highest BCUT2D eigenvalue weighted by Crippen LogP contribution is 2.22. The molecule has 0 heterocycles. The zero-order valence-electron chi connectivity index (χ0n) is 9.18. The van der Waals surface area contributed by atoms with Gasteiger partial charge in [0.1, 0.15) is 6.29 Å². The van der Waals surface area contributed by atoms with Crippen LogP contribution in [0.2, 0.25) is 0 Å². The Labute approximate surface area is 82.2 Å². The summed E-state index contributed by atoms with van der Waals surface area (Å²) in [6.07, 6.45) is 4.92.